The molecule has 70 valence electrons. The van der Waals surface area contributed by atoms with Gasteiger partial charge in [-0.1, -0.05) is 26.7 Å². The van der Waals surface area contributed by atoms with Crippen LogP contribution in [0, 0.1) is 0 Å². The molecule has 0 aromatic heterocycles. The van der Waals surface area contributed by atoms with Crippen LogP contribution in [0.4, 0.5) is 0 Å². The predicted octanol–water partition coefficient (Wildman–Crippen LogP) is 0.367. The van der Waals surface area contributed by atoms with Gasteiger partial charge < -0.3 is 15.5 Å². The van der Waals surface area contributed by atoms with Crippen molar-refractivity contribution in [3.63, 3.8) is 0 Å². The van der Waals surface area contributed by atoms with E-state index in [1.54, 1.807) is 0 Å². The summed E-state index contributed by atoms with van der Waals surface area (Å²) in [6, 6.07) is 0. The number of nitrogens with one attached hydrogen (secondary N) is 1. The first-order chi connectivity index (χ1) is 5.33. The summed E-state index contributed by atoms with van der Waals surface area (Å²) in [7, 11) is 0. The molecule has 0 amide bonds. The minimum Gasteiger partial charge on any atom is -0.395 e. The van der Waals surface area contributed by atoms with Gasteiger partial charge in [-0.15, -0.1) is 0 Å². The smallest absolute Gasteiger partial charge is 0.0555 e. The molecular weight excluding hydrogens is 142 g/mol. The molecule has 0 aromatic carbocycles. The molecule has 0 radical (unpaired) electrons. The van der Waals surface area contributed by atoms with Crippen LogP contribution in [-0.2, 0) is 0 Å². The topological polar surface area (TPSA) is 52.5 Å². The molecule has 0 aliphatic heterocycles. The maximum absolute atomic E-state index is 8.15. The number of hydrogen-bond acceptors (Lipinski definition) is 3. The summed E-state index contributed by atoms with van der Waals surface area (Å²) < 4.78 is 0. The Hall–Kier alpha value is -0.120. The largest absolute Gasteiger partial charge is 0.395 e. The highest BCUT2D eigenvalue weighted by Gasteiger charge is 1.78. The van der Waals surface area contributed by atoms with Crippen LogP contribution in [0.3, 0.4) is 0 Å². The molecule has 0 spiro atoms. The van der Waals surface area contributed by atoms with Crippen molar-refractivity contribution in [3.05, 3.63) is 0 Å². The van der Waals surface area contributed by atoms with Gasteiger partial charge >= 0.3 is 0 Å². The van der Waals surface area contributed by atoms with Gasteiger partial charge in [0.2, 0.25) is 0 Å². The van der Waals surface area contributed by atoms with Crippen molar-refractivity contribution in [1.82, 2.24) is 5.32 Å². The van der Waals surface area contributed by atoms with Crippen molar-refractivity contribution in [2.75, 3.05) is 26.3 Å². The van der Waals surface area contributed by atoms with E-state index in [9.17, 15) is 0 Å². The average molecular weight is 163 g/mol. The van der Waals surface area contributed by atoms with Crippen molar-refractivity contribution in [2.45, 2.75) is 26.7 Å². The van der Waals surface area contributed by atoms with Crippen LogP contribution in [-0.4, -0.2) is 36.5 Å². The Morgan fingerprint density at radius 2 is 1.27 bits per heavy atom. The maximum Gasteiger partial charge on any atom is 0.0555 e. The van der Waals surface area contributed by atoms with E-state index in [2.05, 4.69) is 19.2 Å². The molecular formula is C8H21NO2. The van der Waals surface area contributed by atoms with Crippen LogP contribution in [0.5, 0.6) is 0 Å². The van der Waals surface area contributed by atoms with Crippen molar-refractivity contribution < 1.29 is 10.2 Å². The Bertz CT molecular complexity index is 45.4. The molecule has 0 heterocycles. The summed E-state index contributed by atoms with van der Waals surface area (Å²) in [5.41, 5.74) is 0. The van der Waals surface area contributed by atoms with E-state index in [1.807, 2.05) is 0 Å². The second-order valence-corrected chi connectivity index (χ2v) is 2.20. The van der Waals surface area contributed by atoms with Crippen LogP contribution in [0.25, 0.3) is 0 Å². The Morgan fingerprint density at radius 1 is 0.909 bits per heavy atom. The minimum absolute atomic E-state index is 0.139. The molecule has 3 nitrogen and oxygen atoms in total. The predicted molar refractivity (Wildman–Crippen MR) is 47.6 cm³/mol. The molecule has 0 saturated carbocycles. The van der Waals surface area contributed by atoms with Gasteiger partial charge in [-0.05, 0) is 0 Å². The quantitative estimate of drug-likeness (QED) is 0.513. The third kappa shape index (κ3) is 25.8. The molecule has 0 saturated heterocycles. The van der Waals surface area contributed by atoms with Gasteiger partial charge in [-0.25, -0.2) is 0 Å². The summed E-state index contributed by atoms with van der Waals surface area (Å²) in [6.45, 7) is 5.78. The molecule has 0 aliphatic rings. The Kier molecular flexibility index (Phi) is 20.2. The van der Waals surface area contributed by atoms with Gasteiger partial charge in [-0.3, -0.25) is 0 Å². The summed E-state index contributed by atoms with van der Waals surface area (Å²) in [5.74, 6) is 0. The third-order valence-corrected chi connectivity index (χ3v) is 1.08. The molecule has 0 fully saturated rings. The first-order valence-electron chi connectivity index (χ1n) is 4.25. The van der Waals surface area contributed by atoms with Gasteiger partial charge in [-0.2, -0.15) is 0 Å². The standard InChI is InChI=1S/C4H11NO2.C4H10/c6-3-1-5-2-4-7;1-3-4-2/h5-7H,1-4H2;3-4H2,1-2H3. The summed E-state index contributed by atoms with van der Waals surface area (Å²) >= 11 is 0. The normalized spacial score (nSPS) is 8.73. The molecule has 0 aliphatic carbocycles. The van der Waals surface area contributed by atoms with E-state index < -0.39 is 0 Å². The molecule has 0 bridgehead atoms. The van der Waals surface area contributed by atoms with Crippen molar-refractivity contribution >= 4 is 0 Å². The Balaban J connectivity index is 0. The highest BCUT2D eigenvalue weighted by molar-refractivity contribution is 4.39. The molecule has 3 N–H and O–H groups in total. The van der Waals surface area contributed by atoms with Crippen LogP contribution in [0.2, 0.25) is 0 Å². The first kappa shape index (κ1) is 13.5. The molecule has 0 rings (SSSR count). The fourth-order valence-corrected chi connectivity index (χ4v) is 0.283. The Morgan fingerprint density at radius 3 is 1.45 bits per heavy atom. The maximum atomic E-state index is 8.15. The van der Waals surface area contributed by atoms with Crippen LogP contribution >= 0.6 is 0 Å². The number of aliphatic hydroxyl groups is 2. The van der Waals surface area contributed by atoms with E-state index in [0.717, 1.165) is 0 Å². The van der Waals surface area contributed by atoms with E-state index in [-0.39, 0.29) is 13.2 Å². The van der Waals surface area contributed by atoms with Crippen molar-refractivity contribution in [2.24, 2.45) is 0 Å². The fourth-order valence-electron chi connectivity index (χ4n) is 0.283. The zero-order valence-corrected chi connectivity index (χ0v) is 7.64. The van der Waals surface area contributed by atoms with Crippen molar-refractivity contribution in [1.29, 1.82) is 0 Å². The zero-order chi connectivity index (χ0) is 8.95. The van der Waals surface area contributed by atoms with Gasteiger partial charge in [0, 0.05) is 13.1 Å². The first-order valence-corrected chi connectivity index (χ1v) is 4.25. The lowest BCUT2D eigenvalue weighted by atomic mass is 10.4. The number of unbranched alkanes of at least 4 members (excludes halogenated alkanes) is 1. The summed E-state index contributed by atoms with van der Waals surface area (Å²) in [4.78, 5) is 0. The Labute approximate surface area is 69.4 Å². The van der Waals surface area contributed by atoms with Gasteiger partial charge in [0.1, 0.15) is 0 Å². The summed E-state index contributed by atoms with van der Waals surface area (Å²) in [5, 5.41) is 19.1. The zero-order valence-electron chi connectivity index (χ0n) is 7.64. The van der Waals surface area contributed by atoms with Crippen molar-refractivity contribution in [3.8, 4) is 0 Å². The fraction of sp³-hybridized carbons (Fsp3) is 1.00. The van der Waals surface area contributed by atoms with Crippen LogP contribution in [0.1, 0.15) is 26.7 Å². The van der Waals surface area contributed by atoms with Crippen LogP contribution < -0.4 is 5.32 Å². The van der Waals surface area contributed by atoms with Gasteiger partial charge in [0.15, 0.2) is 0 Å². The lowest BCUT2D eigenvalue weighted by Crippen LogP contribution is -2.21. The second-order valence-electron chi connectivity index (χ2n) is 2.20. The monoisotopic (exact) mass is 163 g/mol. The highest BCUT2D eigenvalue weighted by atomic mass is 16.3. The van der Waals surface area contributed by atoms with E-state index in [1.165, 1.54) is 12.8 Å². The number of rotatable bonds is 5. The third-order valence-electron chi connectivity index (χ3n) is 1.08. The molecule has 0 unspecified atom stereocenters. The molecule has 3 heteroatoms. The number of hydrogen-bond donors (Lipinski definition) is 3. The van der Waals surface area contributed by atoms with E-state index >= 15 is 0 Å². The van der Waals surface area contributed by atoms with Gasteiger partial charge in [0.25, 0.3) is 0 Å². The molecule has 0 atom stereocenters. The SMILES string of the molecule is CCCC.OCCNCCO. The molecule has 0 aromatic rings. The lowest BCUT2D eigenvalue weighted by molar-refractivity contribution is 0.267. The van der Waals surface area contributed by atoms with Gasteiger partial charge in [0.05, 0.1) is 13.2 Å². The van der Waals surface area contributed by atoms with E-state index in [0.29, 0.717) is 13.1 Å². The second kappa shape index (κ2) is 16.5. The molecule has 11 heavy (non-hydrogen) atoms. The average Bonchev–Trinajstić information content (AvgIpc) is 2.06. The lowest BCUT2D eigenvalue weighted by Gasteiger charge is -1.94. The minimum atomic E-state index is 0.139. The number of aliphatic hydroxyl groups excluding tert-OH is 2. The van der Waals surface area contributed by atoms with E-state index in [4.69, 9.17) is 10.2 Å². The van der Waals surface area contributed by atoms with Crippen LogP contribution in [0.15, 0.2) is 0 Å². The summed E-state index contributed by atoms with van der Waals surface area (Å²) in [6.07, 6.45) is 2.64. The highest BCUT2D eigenvalue weighted by Crippen LogP contribution is 1.76.